The van der Waals surface area contributed by atoms with Crippen LogP contribution in [0.3, 0.4) is 0 Å². The minimum absolute atomic E-state index is 0.712. The van der Waals surface area contributed by atoms with Crippen LogP contribution in [0, 0.1) is 0 Å². The van der Waals surface area contributed by atoms with Crippen LogP contribution in [0.2, 0.25) is 0 Å². The van der Waals surface area contributed by atoms with E-state index in [-0.39, 0.29) is 0 Å². The molecule has 2 rings (SSSR count). The highest BCUT2D eigenvalue weighted by atomic mass is 16.5. The minimum atomic E-state index is 0.712. The SMILES string of the molecule is CNCCOc1ccc(N2CCNCC2)cc1. The quantitative estimate of drug-likeness (QED) is 0.736. The Hall–Kier alpha value is -1.26. The van der Waals surface area contributed by atoms with Crippen LogP contribution in [0.4, 0.5) is 5.69 Å². The van der Waals surface area contributed by atoms with E-state index in [1.165, 1.54) is 5.69 Å². The fourth-order valence-electron chi connectivity index (χ4n) is 1.95. The summed E-state index contributed by atoms with van der Waals surface area (Å²) in [5.74, 6) is 0.944. The number of nitrogens with one attached hydrogen (secondary N) is 2. The van der Waals surface area contributed by atoms with Crippen LogP contribution in [0.1, 0.15) is 0 Å². The number of hydrogen-bond donors (Lipinski definition) is 2. The largest absolute Gasteiger partial charge is 0.492 e. The Morgan fingerprint density at radius 1 is 1.24 bits per heavy atom. The fraction of sp³-hybridized carbons (Fsp3) is 0.538. The van der Waals surface area contributed by atoms with Crippen molar-refractivity contribution >= 4 is 5.69 Å². The lowest BCUT2D eigenvalue weighted by atomic mass is 10.2. The van der Waals surface area contributed by atoms with Crippen LogP contribution in [0.5, 0.6) is 5.75 Å². The summed E-state index contributed by atoms with van der Waals surface area (Å²) >= 11 is 0. The van der Waals surface area contributed by atoms with Gasteiger partial charge in [0.05, 0.1) is 0 Å². The Morgan fingerprint density at radius 2 is 1.94 bits per heavy atom. The number of nitrogens with zero attached hydrogens (tertiary/aromatic N) is 1. The van der Waals surface area contributed by atoms with Crippen LogP contribution >= 0.6 is 0 Å². The lowest BCUT2D eigenvalue weighted by Gasteiger charge is -2.29. The van der Waals surface area contributed by atoms with Crippen molar-refractivity contribution in [2.45, 2.75) is 0 Å². The van der Waals surface area contributed by atoms with Crippen LogP contribution in [-0.4, -0.2) is 46.4 Å². The van der Waals surface area contributed by atoms with E-state index in [4.69, 9.17) is 4.74 Å². The first-order valence-electron chi connectivity index (χ1n) is 6.23. The monoisotopic (exact) mass is 235 g/mol. The molecule has 1 saturated heterocycles. The number of ether oxygens (including phenoxy) is 1. The van der Waals surface area contributed by atoms with Gasteiger partial charge < -0.3 is 20.3 Å². The van der Waals surface area contributed by atoms with E-state index in [9.17, 15) is 0 Å². The fourth-order valence-corrected chi connectivity index (χ4v) is 1.95. The number of piperazine rings is 1. The Bertz CT molecular complexity index is 320. The van der Waals surface area contributed by atoms with Gasteiger partial charge in [-0.25, -0.2) is 0 Å². The predicted octanol–water partition coefficient (Wildman–Crippen LogP) is 0.694. The molecule has 1 aromatic carbocycles. The van der Waals surface area contributed by atoms with Gasteiger partial charge in [-0.3, -0.25) is 0 Å². The highest BCUT2D eigenvalue weighted by molar-refractivity contribution is 5.49. The molecule has 1 fully saturated rings. The molecular weight excluding hydrogens is 214 g/mol. The molecule has 0 amide bonds. The first-order chi connectivity index (χ1) is 8.40. The van der Waals surface area contributed by atoms with Crippen molar-refractivity contribution in [3.8, 4) is 5.75 Å². The topological polar surface area (TPSA) is 36.5 Å². The van der Waals surface area contributed by atoms with E-state index < -0.39 is 0 Å². The minimum Gasteiger partial charge on any atom is -0.492 e. The van der Waals surface area contributed by atoms with E-state index in [1.54, 1.807) is 0 Å². The molecule has 0 aromatic heterocycles. The molecule has 0 unspecified atom stereocenters. The maximum Gasteiger partial charge on any atom is 0.119 e. The van der Waals surface area contributed by atoms with E-state index in [0.29, 0.717) is 6.61 Å². The third kappa shape index (κ3) is 3.61. The van der Waals surface area contributed by atoms with Crippen LogP contribution < -0.4 is 20.3 Å². The van der Waals surface area contributed by atoms with E-state index in [2.05, 4.69) is 27.7 Å². The Labute approximate surface area is 103 Å². The maximum absolute atomic E-state index is 5.60. The Morgan fingerprint density at radius 3 is 2.59 bits per heavy atom. The van der Waals surface area contributed by atoms with Crippen LogP contribution in [0.15, 0.2) is 24.3 Å². The summed E-state index contributed by atoms with van der Waals surface area (Å²) in [6, 6.07) is 8.38. The van der Waals surface area contributed by atoms with Crippen molar-refractivity contribution in [3.63, 3.8) is 0 Å². The van der Waals surface area contributed by atoms with Gasteiger partial charge in [0.1, 0.15) is 12.4 Å². The highest BCUT2D eigenvalue weighted by Crippen LogP contribution is 2.19. The standard InChI is InChI=1S/C13H21N3O/c1-14-8-11-17-13-4-2-12(3-5-13)16-9-6-15-7-10-16/h2-5,14-15H,6-11H2,1H3. The molecule has 4 heteroatoms. The zero-order valence-electron chi connectivity index (χ0n) is 10.4. The van der Waals surface area contributed by atoms with Gasteiger partial charge >= 0.3 is 0 Å². The smallest absolute Gasteiger partial charge is 0.119 e. The van der Waals surface area contributed by atoms with Crippen LogP contribution in [-0.2, 0) is 0 Å². The number of likely N-dealkylation sites (N-methyl/N-ethyl adjacent to an activating group) is 1. The van der Waals surface area contributed by atoms with E-state index in [1.807, 2.05) is 19.2 Å². The summed E-state index contributed by atoms with van der Waals surface area (Å²) in [6.45, 7) is 5.89. The summed E-state index contributed by atoms with van der Waals surface area (Å²) < 4.78 is 5.60. The summed E-state index contributed by atoms with van der Waals surface area (Å²) in [4.78, 5) is 2.40. The van der Waals surface area contributed by atoms with E-state index in [0.717, 1.165) is 38.5 Å². The van der Waals surface area contributed by atoms with Gasteiger partial charge in [0.15, 0.2) is 0 Å². The maximum atomic E-state index is 5.60. The first kappa shape index (κ1) is 12.2. The molecule has 1 aliphatic heterocycles. The summed E-state index contributed by atoms with van der Waals surface area (Å²) in [5.41, 5.74) is 1.28. The molecule has 94 valence electrons. The molecular formula is C13H21N3O. The lowest BCUT2D eigenvalue weighted by molar-refractivity contribution is 0.318. The van der Waals surface area contributed by atoms with Gasteiger partial charge in [0, 0.05) is 38.4 Å². The molecule has 0 spiro atoms. The molecule has 17 heavy (non-hydrogen) atoms. The molecule has 0 saturated carbocycles. The molecule has 4 nitrogen and oxygen atoms in total. The van der Waals surface area contributed by atoms with Gasteiger partial charge in [0.25, 0.3) is 0 Å². The van der Waals surface area contributed by atoms with Crippen molar-refractivity contribution in [2.75, 3.05) is 51.3 Å². The summed E-state index contributed by atoms with van der Waals surface area (Å²) in [6.07, 6.45) is 0. The second-order valence-electron chi connectivity index (χ2n) is 4.18. The van der Waals surface area contributed by atoms with Crippen molar-refractivity contribution < 1.29 is 4.74 Å². The van der Waals surface area contributed by atoms with Crippen molar-refractivity contribution in [3.05, 3.63) is 24.3 Å². The second kappa shape index (κ2) is 6.47. The molecule has 1 aromatic rings. The van der Waals surface area contributed by atoms with Crippen molar-refractivity contribution in [1.29, 1.82) is 0 Å². The average Bonchev–Trinajstić information content (AvgIpc) is 2.41. The first-order valence-corrected chi connectivity index (χ1v) is 6.23. The second-order valence-corrected chi connectivity index (χ2v) is 4.18. The van der Waals surface area contributed by atoms with Gasteiger partial charge in [-0.2, -0.15) is 0 Å². The van der Waals surface area contributed by atoms with Gasteiger partial charge in [-0.15, -0.1) is 0 Å². The molecule has 2 N–H and O–H groups in total. The van der Waals surface area contributed by atoms with Gasteiger partial charge in [0.2, 0.25) is 0 Å². The molecule has 1 aliphatic rings. The van der Waals surface area contributed by atoms with Crippen molar-refractivity contribution in [1.82, 2.24) is 10.6 Å². The average molecular weight is 235 g/mol. The molecule has 1 heterocycles. The molecule has 0 radical (unpaired) electrons. The summed E-state index contributed by atoms with van der Waals surface area (Å²) in [5, 5.41) is 6.42. The van der Waals surface area contributed by atoms with Gasteiger partial charge in [-0.05, 0) is 31.3 Å². The van der Waals surface area contributed by atoms with Crippen molar-refractivity contribution in [2.24, 2.45) is 0 Å². The number of benzene rings is 1. The lowest BCUT2D eigenvalue weighted by Crippen LogP contribution is -2.43. The normalized spacial score (nSPS) is 15.9. The highest BCUT2D eigenvalue weighted by Gasteiger charge is 2.09. The number of hydrogen-bond acceptors (Lipinski definition) is 4. The predicted molar refractivity (Wildman–Crippen MR) is 70.9 cm³/mol. The molecule has 0 bridgehead atoms. The van der Waals surface area contributed by atoms with Gasteiger partial charge in [-0.1, -0.05) is 0 Å². The zero-order valence-corrected chi connectivity index (χ0v) is 10.4. The Balaban J connectivity index is 1.88. The zero-order chi connectivity index (χ0) is 11.9. The third-order valence-corrected chi connectivity index (χ3v) is 2.94. The molecule has 0 atom stereocenters. The Kier molecular flexibility index (Phi) is 4.64. The third-order valence-electron chi connectivity index (χ3n) is 2.94. The van der Waals surface area contributed by atoms with Crippen LogP contribution in [0.25, 0.3) is 0 Å². The number of anilines is 1. The number of rotatable bonds is 5. The summed E-state index contributed by atoms with van der Waals surface area (Å²) in [7, 11) is 1.93. The van der Waals surface area contributed by atoms with E-state index >= 15 is 0 Å². The molecule has 0 aliphatic carbocycles.